The van der Waals surface area contributed by atoms with Crippen LogP contribution in [0.5, 0.6) is 0 Å². The third kappa shape index (κ3) is 4.77. The third-order valence-corrected chi connectivity index (χ3v) is 10.4. The normalized spacial score (nSPS) is 18.3. The van der Waals surface area contributed by atoms with Gasteiger partial charge in [0.2, 0.25) is 0 Å². The van der Waals surface area contributed by atoms with Crippen LogP contribution in [0.2, 0.25) is 0 Å². The standard InChI is InChI=1S/C34H35N5O4S/c1-23-10-12-26(13-11-23)44(41,42)39-21-28(24-8-6-5-7-9-24)27-18-25(20-35-31(27)39)29-19-30-34(15-17-38(30)36-29)14-16-37(22-34)32(40)43-33(2,3)4/h5-13,18-21H,14-17,22H2,1-4H3. The lowest BCUT2D eigenvalue weighted by atomic mass is 9.82. The highest BCUT2D eigenvalue weighted by molar-refractivity contribution is 7.90. The molecular weight excluding hydrogens is 574 g/mol. The second-order valence-electron chi connectivity index (χ2n) is 12.9. The highest BCUT2D eigenvalue weighted by atomic mass is 32.2. The number of likely N-dealkylation sites (tertiary alicyclic amines) is 1. The van der Waals surface area contributed by atoms with Crippen LogP contribution in [0, 0.1) is 6.92 Å². The molecule has 0 N–H and O–H groups in total. The molecule has 1 spiro atoms. The summed E-state index contributed by atoms with van der Waals surface area (Å²) in [6.45, 7) is 9.59. The van der Waals surface area contributed by atoms with E-state index in [0.717, 1.165) is 58.4 Å². The van der Waals surface area contributed by atoms with Gasteiger partial charge in [0.25, 0.3) is 10.0 Å². The summed E-state index contributed by atoms with van der Waals surface area (Å²) in [5.41, 5.74) is 5.00. The Morgan fingerprint density at radius 1 is 0.955 bits per heavy atom. The zero-order valence-corrected chi connectivity index (χ0v) is 26.1. The van der Waals surface area contributed by atoms with E-state index < -0.39 is 15.6 Å². The summed E-state index contributed by atoms with van der Waals surface area (Å²) in [6.07, 6.45) is 4.86. The van der Waals surface area contributed by atoms with Crippen molar-refractivity contribution in [2.45, 2.75) is 63.0 Å². The fourth-order valence-electron chi connectivity index (χ4n) is 6.45. The molecule has 2 aromatic carbocycles. The summed E-state index contributed by atoms with van der Waals surface area (Å²) >= 11 is 0. The number of amides is 1. The molecule has 0 bridgehead atoms. The first-order chi connectivity index (χ1) is 20.9. The van der Waals surface area contributed by atoms with Gasteiger partial charge in [-0.3, -0.25) is 4.68 Å². The van der Waals surface area contributed by atoms with Gasteiger partial charge in [0.15, 0.2) is 5.65 Å². The second-order valence-corrected chi connectivity index (χ2v) is 14.8. The minimum atomic E-state index is -3.89. The first-order valence-electron chi connectivity index (χ1n) is 14.9. The quantitative estimate of drug-likeness (QED) is 0.234. The highest BCUT2D eigenvalue weighted by Crippen LogP contribution is 2.44. The fraction of sp³-hybridized carbons (Fsp3) is 0.324. The first-order valence-corrected chi connectivity index (χ1v) is 16.3. The summed E-state index contributed by atoms with van der Waals surface area (Å²) in [6, 6.07) is 20.7. The van der Waals surface area contributed by atoms with E-state index in [4.69, 9.17) is 14.8 Å². The number of rotatable bonds is 4. The molecule has 1 atom stereocenters. The van der Waals surface area contributed by atoms with Crippen LogP contribution >= 0.6 is 0 Å². The minimum absolute atomic E-state index is 0.166. The lowest BCUT2D eigenvalue weighted by Crippen LogP contribution is -2.37. The summed E-state index contributed by atoms with van der Waals surface area (Å²) in [5.74, 6) is 0. The molecule has 3 aromatic heterocycles. The predicted molar refractivity (Wildman–Crippen MR) is 169 cm³/mol. The zero-order valence-electron chi connectivity index (χ0n) is 25.3. The average molecular weight is 610 g/mol. The summed E-state index contributed by atoms with van der Waals surface area (Å²) in [5, 5.41) is 5.67. The van der Waals surface area contributed by atoms with Crippen LogP contribution in [0.4, 0.5) is 4.79 Å². The number of hydrogen-bond donors (Lipinski definition) is 0. The third-order valence-electron chi connectivity index (χ3n) is 8.70. The molecule has 1 fully saturated rings. The van der Waals surface area contributed by atoms with Crippen molar-refractivity contribution in [3.05, 3.63) is 90.4 Å². The Kier molecular flexibility index (Phi) is 6.47. The topological polar surface area (TPSA) is 99.3 Å². The van der Waals surface area contributed by atoms with Crippen LogP contribution in [-0.4, -0.2) is 56.8 Å². The molecule has 2 aliphatic rings. The van der Waals surface area contributed by atoms with E-state index in [1.807, 2.05) is 73.7 Å². The van der Waals surface area contributed by atoms with Crippen molar-refractivity contribution in [2.75, 3.05) is 13.1 Å². The van der Waals surface area contributed by atoms with Gasteiger partial charge in [0.05, 0.1) is 10.6 Å². The number of nitrogens with zero attached hydrogens (tertiary/aromatic N) is 5. The number of carbonyl (C=O) groups is 1. The smallest absolute Gasteiger partial charge is 0.410 e. The number of ether oxygens (including phenoxy) is 1. The van der Waals surface area contributed by atoms with E-state index >= 15 is 0 Å². The van der Waals surface area contributed by atoms with Crippen molar-refractivity contribution >= 4 is 27.1 Å². The lowest BCUT2D eigenvalue weighted by molar-refractivity contribution is 0.0284. The van der Waals surface area contributed by atoms with Gasteiger partial charge in [0, 0.05) is 59.7 Å². The first kappa shape index (κ1) is 28.3. The molecule has 5 aromatic rings. The van der Waals surface area contributed by atoms with Crippen LogP contribution in [0.3, 0.4) is 0 Å². The van der Waals surface area contributed by atoms with E-state index in [1.54, 1.807) is 36.7 Å². The van der Waals surface area contributed by atoms with Gasteiger partial charge in [-0.2, -0.15) is 5.10 Å². The number of hydrogen-bond acceptors (Lipinski definition) is 6. The van der Waals surface area contributed by atoms with Gasteiger partial charge < -0.3 is 9.64 Å². The second kappa shape index (κ2) is 10.1. The van der Waals surface area contributed by atoms with Crippen molar-refractivity contribution in [1.82, 2.24) is 23.6 Å². The van der Waals surface area contributed by atoms with Crippen LogP contribution in [0.25, 0.3) is 33.4 Å². The van der Waals surface area contributed by atoms with E-state index in [0.29, 0.717) is 18.7 Å². The molecule has 5 heterocycles. The Morgan fingerprint density at radius 2 is 1.68 bits per heavy atom. The van der Waals surface area contributed by atoms with E-state index in [1.165, 1.54) is 3.97 Å². The minimum Gasteiger partial charge on any atom is -0.444 e. The van der Waals surface area contributed by atoms with Crippen molar-refractivity contribution in [2.24, 2.45) is 0 Å². The average Bonchev–Trinajstić information content (AvgIpc) is 3.77. The molecule has 10 heteroatoms. The number of aryl methyl sites for hydroxylation is 2. The Balaban J connectivity index is 1.28. The largest absolute Gasteiger partial charge is 0.444 e. The lowest BCUT2D eigenvalue weighted by Gasteiger charge is -2.26. The van der Waals surface area contributed by atoms with Crippen molar-refractivity contribution in [1.29, 1.82) is 0 Å². The zero-order chi connectivity index (χ0) is 30.9. The van der Waals surface area contributed by atoms with E-state index in [-0.39, 0.29) is 16.4 Å². The number of benzene rings is 2. The van der Waals surface area contributed by atoms with Crippen LogP contribution in [-0.2, 0) is 26.7 Å². The maximum Gasteiger partial charge on any atom is 0.410 e. The summed E-state index contributed by atoms with van der Waals surface area (Å²) < 4.78 is 36.6. The fourth-order valence-corrected chi connectivity index (χ4v) is 7.77. The molecule has 1 amide bonds. The van der Waals surface area contributed by atoms with Crippen LogP contribution < -0.4 is 0 Å². The number of fused-ring (bicyclic) bond motifs is 3. The Hall–Kier alpha value is -4.44. The van der Waals surface area contributed by atoms with E-state index in [2.05, 4.69) is 6.07 Å². The molecular formula is C34H35N5O4S. The molecule has 0 radical (unpaired) electrons. The summed E-state index contributed by atoms with van der Waals surface area (Å²) in [4.78, 5) is 19.6. The molecule has 1 saturated heterocycles. The Morgan fingerprint density at radius 3 is 2.41 bits per heavy atom. The van der Waals surface area contributed by atoms with Crippen molar-refractivity contribution in [3.8, 4) is 22.4 Å². The summed E-state index contributed by atoms with van der Waals surface area (Å²) in [7, 11) is -3.89. The number of aromatic nitrogens is 4. The SMILES string of the molecule is Cc1ccc(S(=O)(=O)n2cc(-c3ccccc3)c3cc(-c4cc5n(n4)CCC54CCN(C(=O)OC(C)(C)C)C4)cnc32)cc1. The Labute approximate surface area is 257 Å². The highest BCUT2D eigenvalue weighted by Gasteiger charge is 2.47. The molecule has 1 unspecified atom stereocenters. The maximum atomic E-state index is 13.8. The predicted octanol–water partition coefficient (Wildman–Crippen LogP) is 6.39. The molecule has 226 valence electrons. The van der Waals surface area contributed by atoms with Crippen LogP contribution in [0.1, 0.15) is 44.9 Å². The van der Waals surface area contributed by atoms with Gasteiger partial charge in [-0.15, -0.1) is 0 Å². The van der Waals surface area contributed by atoms with Crippen molar-refractivity contribution in [3.63, 3.8) is 0 Å². The maximum absolute atomic E-state index is 13.8. The molecule has 7 rings (SSSR count). The van der Waals surface area contributed by atoms with Gasteiger partial charge in [-0.05, 0) is 70.4 Å². The van der Waals surface area contributed by atoms with Gasteiger partial charge in [-0.1, -0.05) is 48.0 Å². The van der Waals surface area contributed by atoms with Gasteiger partial charge >= 0.3 is 6.09 Å². The van der Waals surface area contributed by atoms with Crippen LogP contribution in [0.15, 0.2) is 84.0 Å². The molecule has 0 aliphatic carbocycles. The molecule has 9 nitrogen and oxygen atoms in total. The Bertz CT molecular complexity index is 2010. The molecule has 0 saturated carbocycles. The monoisotopic (exact) mass is 609 g/mol. The number of pyridine rings is 1. The van der Waals surface area contributed by atoms with Gasteiger partial charge in [0.1, 0.15) is 5.60 Å². The molecule has 2 aliphatic heterocycles. The van der Waals surface area contributed by atoms with Gasteiger partial charge in [-0.25, -0.2) is 22.2 Å². The molecule has 44 heavy (non-hydrogen) atoms. The van der Waals surface area contributed by atoms with E-state index in [9.17, 15) is 13.2 Å². The van der Waals surface area contributed by atoms with Crippen molar-refractivity contribution < 1.29 is 17.9 Å². The number of carbonyl (C=O) groups excluding carboxylic acids is 1.